The van der Waals surface area contributed by atoms with Crippen molar-refractivity contribution in [3.63, 3.8) is 0 Å². The molecule has 0 aliphatic heterocycles. The molecule has 1 aromatic heterocycles. The van der Waals surface area contributed by atoms with Crippen LogP contribution < -0.4 is 10.1 Å². The summed E-state index contributed by atoms with van der Waals surface area (Å²) in [7, 11) is 1.59. The minimum Gasteiger partial charge on any atom is -0.481 e. The lowest BCUT2D eigenvalue weighted by atomic mass is 10.2. The summed E-state index contributed by atoms with van der Waals surface area (Å²) in [6.07, 6.45) is 1.75. The molecule has 0 aliphatic rings. The van der Waals surface area contributed by atoms with Crippen molar-refractivity contribution in [1.29, 1.82) is 0 Å². The predicted molar refractivity (Wildman–Crippen MR) is 74.6 cm³/mol. The highest BCUT2D eigenvalue weighted by atomic mass is 35.5. The number of halogens is 2. The number of benzene rings is 1. The minimum atomic E-state index is 0.597. The summed E-state index contributed by atoms with van der Waals surface area (Å²) in [5.41, 5.74) is 1.84. The molecule has 1 heterocycles. The van der Waals surface area contributed by atoms with Gasteiger partial charge in [0, 0.05) is 23.8 Å². The number of nitrogens with one attached hydrogen (secondary N) is 1. The number of anilines is 1. The third kappa shape index (κ3) is 3.28. The molecular formula is C13H12Cl2N2O. The Bertz CT molecular complexity index is 529. The first-order chi connectivity index (χ1) is 8.69. The van der Waals surface area contributed by atoms with Crippen molar-refractivity contribution in [1.82, 2.24) is 4.98 Å². The van der Waals surface area contributed by atoms with Crippen molar-refractivity contribution >= 4 is 28.9 Å². The van der Waals surface area contributed by atoms with Crippen molar-refractivity contribution in [2.45, 2.75) is 6.54 Å². The van der Waals surface area contributed by atoms with E-state index in [0.717, 1.165) is 11.3 Å². The number of ether oxygens (including phenoxy) is 1. The Hall–Kier alpha value is -1.45. The lowest BCUT2D eigenvalue weighted by Gasteiger charge is -2.09. The standard InChI is InChI=1S/C13H12Cl2N2O/c1-18-13-5-2-9(8-17-13)7-16-12-6-10(14)3-4-11(12)15/h2-6,8,16H,7H2,1H3. The van der Waals surface area contributed by atoms with Crippen LogP contribution in [-0.2, 0) is 6.54 Å². The van der Waals surface area contributed by atoms with Gasteiger partial charge in [-0.2, -0.15) is 0 Å². The van der Waals surface area contributed by atoms with E-state index in [4.69, 9.17) is 27.9 Å². The Labute approximate surface area is 116 Å². The van der Waals surface area contributed by atoms with Gasteiger partial charge >= 0.3 is 0 Å². The number of hydrogen-bond acceptors (Lipinski definition) is 3. The molecule has 5 heteroatoms. The molecule has 18 heavy (non-hydrogen) atoms. The fourth-order valence-electron chi connectivity index (χ4n) is 1.47. The average Bonchev–Trinajstić information content (AvgIpc) is 2.40. The van der Waals surface area contributed by atoms with E-state index in [1.165, 1.54) is 0 Å². The first kappa shape index (κ1) is 13.0. The molecule has 0 amide bonds. The summed E-state index contributed by atoms with van der Waals surface area (Å²) in [4.78, 5) is 4.13. The van der Waals surface area contributed by atoms with Gasteiger partial charge in [-0.05, 0) is 23.8 Å². The normalized spacial score (nSPS) is 10.2. The van der Waals surface area contributed by atoms with Gasteiger partial charge in [0.2, 0.25) is 5.88 Å². The molecule has 0 bridgehead atoms. The van der Waals surface area contributed by atoms with E-state index in [9.17, 15) is 0 Å². The Balaban J connectivity index is 2.04. The van der Waals surface area contributed by atoms with Crippen LogP contribution in [0.5, 0.6) is 5.88 Å². The summed E-state index contributed by atoms with van der Waals surface area (Å²) >= 11 is 12.0. The van der Waals surface area contributed by atoms with Gasteiger partial charge in [-0.15, -0.1) is 0 Å². The summed E-state index contributed by atoms with van der Waals surface area (Å²) in [6.45, 7) is 0.622. The zero-order valence-electron chi connectivity index (χ0n) is 9.78. The summed E-state index contributed by atoms with van der Waals surface area (Å²) in [6, 6.07) is 9.07. The minimum absolute atomic E-state index is 0.597. The average molecular weight is 283 g/mol. The zero-order chi connectivity index (χ0) is 13.0. The molecule has 1 N–H and O–H groups in total. The van der Waals surface area contributed by atoms with Gasteiger partial charge in [-0.1, -0.05) is 29.3 Å². The van der Waals surface area contributed by atoms with Crippen LogP contribution in [-0.4, -0.2) is 12.1 Å². The fraction of sp³-hybridized carbons (Fsp3) is 0.154. The monoisotopic (exact) mass is 282 g/mol. The second-order valence-corrected chi connectivity index (χ2v) is 4.53. The highest BCUT2D eigenvalue weighted by molar-refractivity contribution is 6.35. The Morgan fingerprint density at radius 1 is 1.22 bits per heavy atom. The van der Waals surface area contributed by atoms with Crippen molar-refractivity contribution in [3.8, 4) is 5.88 Å². The van der Waals surface area contributed by atoms with Gasteiger partial charge in [-0.25, -0.2) is 4.98 Å². The van der Waals surface area contributed by atoms with E-state index in [0.29, 0.717) is 22.5 Å². The molecule has 1 aromatic carbocycles. The third-order valence-corrected chi connectivity index (χ3v) is 2.98. The van der Waals surface area contributed by atoms with Gasteiger partial charge in [0.05, 0.1) is 17.8 Å². The topological polar surface area (TPSA) is 34.1 Å². The summed E-state index contributed by atoms with van der Waals surface area (Å²) < 4.78 is 5.00. The van der Waals surface area contributed by atoms with Crippen LogP contribution in [0.4, 0.5) is 5.69 Å². The van der Waals surface area contributed by atoms with Crippen molar-refractivity contribution in [2.24, 2.45) is 0 Å². The van der Waals surface area contributed by atoms with Crippen LogP contribution in [0.3, 0.4) is 0 Å². The number of hydrogen-bond donors (Lipinski definition) is 1. The Morgan fingerprint density at radius 2 is 2.06 bits per heavy atom. The molecule has 0 unspecified atom stereocenters. The highest BCUT2D eigenvalue weighted by Crippen LogP contribution is 2.25. The van der Waals surface area contributed by atoms with E-state index < -0.39 is 0 Å². The van der Waals surface area contributed by atoms with E-state index >= 15 is 0 Å². The Morgan fingerprint density at radius 3 is 2.72 bits per heavy atom. The zero-order valence-corrected chi connectivity index (χ0v) is 11.3. The van der Waals surface area contributed by atoms with Crippen LogP contribution in [0.15, 0.2) is 36.5 Å². The molecule has 0 aliphatic carbocycles. The number of aromatic nitrogens is 1. The van der Waals surface area contributed by atoms with Crippen molar-refractivity contribution in [2.75, 3.05) is 12.4 Å². The lowest BCUT2D eigenvalue weighted by molar-refractivity contribution is 0.397. The van der Waals surface area contributed by atoms with E-state index in [-0.39, 0.29) is 0 Å². The molecule has 0 saturated heterocycles. The molecule has 0 fully saturated rings. The summed E-state index contributed by atoms with van der Waals surface area (Å²) in [5.74, 6) is 0.597. The van der Waals surface area contributed by atoms with Gasteiger partial charge in [-0.3, -0.25) is 0 Å². The van der Waals surface area contributed by atoms with Crippen LogP contribution in [0.25, 0.3) is 0 Å². The van der Waals surface area contributed by atoms with E-state index in [2.05, 4.69) is 10.3 Å². The maximum Gasteiger partial charge on any atom is 0.212 e. The number of methoxy groups -OCH3 is 1. The SMILES string of the molecule is COc1ccc(CNc2cc(Cl)ccc2Cl)cn1. The number of nitrogens with zero attached hydrogens (tertiary/aromatic N) is 1. The van der Waals surface area contributed by atoms with Gasteiger partial charge < -0.3 is 10.1 Å². The van der Waals surface area contributed by atoms with Crippen molar-refractivity contribution < 1.29 is 4.74 Å². The fourth-order valence-corrected chi connectivity index (χ4v) is 1.82. The molecule has 2 aromatic rings. The van der Waals surface area contributed by atoms with Crippen LogP contribution >= 0.6 is 23.2 Å². The second-order valence-electron chi connectivity index (χ2n) is 3.69. The smallest absolute Gasteiger partial charge is 0.212 e. The quantitative estimate of drug-likeness (QED) is 0.920. The molecule has 3 nitrogen and oxygen atoms in total. The first-order valence-corrected chi connectivity index (χ1v) is 6.12. The second kappa shape index (κ2) is 5.94. The van der Waals surface area contributed by atoms with Gasteiger partial charge in [0.1, 0.15) is 0 Å². The maximum absolute atomic E-state index is 6.05. The largest absolute Gasteiger partial charge is 0.481 e. The lowest BCUT2D eigenvalue weighted by Crippen LogP contribution is -2.00. The van der Waals surface area contributed by atoms with E-state index in [1.807, 2.05) is 12.1 Å². The maximum atomic E-state index is 6.05. The Kier molecular flexibility index (Phi) is 4.28. The molecule has 0 spiro atoms. The number of rotatable bonds is 4. The van der Waals surface area contributed by atoms with E-state index in [1.54, 1.807) is 31.5 Å². The van der Waals surface area contributed by atoms with Crippen LogP contribution in [0.1, 0.15) is 5.56 Å². The van der Waals surface area contributed by atoms with Gasteiger partial charge in [0.15, 0.2) is 0 Å². The predicted octanol–water partition coefficient (Wildman–Crippen LogP) is 4.01. The van der Waals surface area contributed by atoms with Gasteiger partial charge in [0.25, 0.3) is 0 Å². The number of pyridine rings is 1. The molecule has 94 valence electrons. The summed E-state index contributed by atoms with van der Waals surface area (Å²) in [5, 5.41) is 4.50. The molecule has 0 saturated carbocycles. The van der Waals surface area contributed by atoms with Crippen LogP contribution in [0, 0.1) is 0 Å². The highest BCUT2D eigenvalue weighted by Gasteiger charge is 2.01. The first-order valence-electron chi connectivity index (χ1n) is 5.37. The molecule has 0 radical (unpaired) electrons. The molecule has 2 rings (SSSR count). The molecular weight excluding hydrogens is 271 g/mol. The molecule has 0 atom stereocenters. The van der Waals surface area contributed by atoms with Crippen LogP contribution in [0.2, 0.25) is 10.0 Å². The van der Waals surface area contributed by atoms with Crippen molar-refractivity contribution in [3.05, 3.63) is 52.1 Å². The third-order valence-electron chi connectivity index (χ3n) is 2.42.